The van der Waals surface area contributed by atoms with Gasteiger partial charge in [0, 0.05) is 30.9 Å². The Bertz CT molecular complexity index is 840. The summed E-state index contributed by atoms with van der Waals surface area (Å²) in [6.45, 7) is 5.15. The molecular weight excluding hydrogens is 397 g/mol. The number of aromatic nitrogens is 2. The molecule has 1 aliphatic heterocycles. The summed E-state index contributed by atoms with van der Waals surface area (Å²) in [6, 6.07) is 4.93. The van der Waals surface area contributed by atoms with E-state index in [0.717, 1.165) is 12.1 Å². The zero-order valence-corrected chi connectivity index (χ0v) is 16.3. The number of benzene rings is 1. The molecule has 28 heavy (non-hydrogen) atoms. The van der Waals surface area contributed by atoms with Gasteiger partial charge in [0.25, 0.3) is 0 Å². The average molecular weight is 417 g/mol. The Hall–Kier alpha value is -2.26. The topological polar surface area (TPSA) is 59.5 Å². The van der Waals surface area contributed by atoms with Crippen LogP contribution in [0.2, 0.25) is 5.15 Å². The number of anilines is 3. The first kappa shape index (κ1) is 20.5. The van der Waals surface area contributed by atoms with E-state index in [1.807, 2.05) is 18.7 Å². The van der Waals surface area contributed by atoms with Crippen LogP contribution in [0, 0.1) is 0 Å². The summed E-state index contributed by atoms with van der Waals surface area (Å²) in [7, 11) is 1.30. The highest BCUT2D eigenvalue weighted by Crippen LogP contribution is 2.35. The van der Waals surface area contributed by atoms with Gasteiger partial charge in [-0.2, -0.15) is 18.2 Å². The van der Waals surface area contributed by atoms with E-state index in [1.165, 1.54) is 13.2 Å². The Labute approximate surface area is 165 Å². The third-order valence-corrected chi connectivity index (χ3v) is 4.34. The molecule has 1 aromatic carbocycles. The zero-order valence-electron chi connectivity index (χ0n) is 15.5. The van der Waals surface area contributed by atoms with Crippen LogP contribution in [-0.4, -0.2) is 42.4 Å². The van der Waals surface area contributed by atoms with E-state index in [-0.39, 0.29) is 34.7 Å². The van der Waals surface area contributed by atoms with Gasteiger partial charge in [-0.3, -0.25) is 0 Å². The van der Waals surface area contributed by atoms with Crippen LogP contribution in [0.25, 0.3) is 0 Å². The number of nitrogens with one attached hydrogen (secondary N) is 1. The van der Waals surface area contributed by atoms with Gasteiger partial charge >= 0.3 is 6.18 Å². The van der Waals surface area contributed by atoms with Crippen LogP contribution in [0.3, 0.4) is 0 Å². The molecule has 3 rings (SSSR count). The molecule has 1 aliphatic rings. The van der Waals surface area contributed by atoms with Gasteiger partial charge in [0.2, 0.25) is 5.95 Å². The summed E-state index contributed by atoms with van der Waals surface area (Å²) in [4.78, 5) is 10.5. The highest BCUT2D eigenvalue weighted by molar-refractivity contribution is 6.29. The predicted octanol–water partition coefficient (Wildman–Crippen LogP) is 4.51. The Morgan fingerprint density at radius 1 is 1.14 bits per heavy atom. The second-order valence-electron chi connectivity index (χ2n) is 6.61. The van der Waals surface area contributed by atoms with Gasteiger partial charge in [-0.05, 0) is 26.0 Å². The lowest BCUT2D eigenvalue weighted by Gasteiger charge is -2.36. The second kappa shape index (κ2) is 8.00. The van der Waals surface area contributed by atoms with Crippen molar-refractivity contribution in [1.82, 2.24) is 9.97 Å². The van der Waals surface area contributed by atoms with E-state index < -0.39 is 11.7 Å². The Kier molecular flexibility index (Phi) is 5.85. The molecule has 10 heteroatoms. The number of hydrogen-bond acceptors (Lipinski definition) is 6. The first-order valence-electron chi connectivity index (χ1n) is 8.62. The van der Waals surface area contributed by atoms with Crippen molar-refractivity contribution < 1.29 is 22.6 Å². The molecule has 0 radical (unpaired) electrons. The molecule has 2 unspecified atom stereocenters. The van der Waals surface area contributed by atoms with Gasteiger partial charge in [-0.1, -0.05) is 11.6 Å². The average Bonchev–Trinajstić information content (AvgIpc) is 2.59. The van der Waals surface area contributed by atoms with E-state index in [0.29, 0.717) is 18.9 Å². The summed E-state index contributed by atoms with van der Waals surface area (Å²) < 4.78 is 50.0. The minimum Gasteiger partial charge on any atom is -0.497 e. The van der Waals surface area contributed by atoms with E-state index in [4.69, 9.17) is 21.1 Å². The number of halogens is 4. The van der Waals surface area contributed by atoms with E-state index >= 15 is 0 Å². The lowest BCUT2D eigenvalue weighted by atomic mass is 10.2. The molecule has 1 fully saturated rings. The minimum atomic E-state index is -4.51. The van der Waals surface area contributed by atoms with Crippen LogP contribution >= 0.6 is 11.6 Å². The van der Waals surface area contributed by atoms with Gasteiger partial charge < -0.3 is 19.7 Å². The maximum Gasteiger partial charge on any atom is 0.416 e. The Morgan fingerprint density at radius 3 is 2.43 bits per heavy atom. The quantitative estimate of drug-likeness (QED) is 0.740. The lowest BCUT2D eigenvalue weighted by Crippen LogP contribution is -2.45. The van der Waals surface area contributed by atoms with Gasteiger partial charge in [0.1, 0.15) is 16.7 Å². The number of nitrogens with zero attached hydrogens (tertiary/aromatic N) is 3. The first-order chi connectivity index (χ1) is 13.1. The van der Waals surface area contributed by atoms with Crippen LogP contribution in [0.4, 0.5) is 30.6 Å². The molecule has 0 amide bonds. The summed E-state index contributed by atoms with van der Waals surface area (Å²) in [5.41, 5.74) is -0.698. The molecule has 2 heterocycles. The fraction of sp³-hybridized carbons (Fsp3) is 0.444. The zero-order chi connectivity index (χ0) is 20.5. The SMILES string of the molecule is COc1cc(Nc2nc(Cl)cc(N3CC(C)OC(C)C3)n2)cc(C(F)(F)F)c1. The molecule has 2 atom stereocenters. The van der Waals surface area contributed by atoms with Gasteiger partial charge in [0.15, 0.2) is 0 Å². The standard InChI is InChI=1S/C18H20ClF3N4O2/c1-10-8-26(9-11(2)28-10)16-7-15(19)24-17(25-16)23-13-4-12(18(20,21)22)5-14(6-13)27-3/h4-7,10-11H,8-9H2,1-3H3,(H,23,24,25). The molecular formula is C18H20ClF3N4O2. The smallest absolute Gasteiger partial charge is 0.416 e. The maximum atomic E-state index is 13.1. The molecule has 0 bridgehead atoms. The molecule has 2 aromatic rings. The van der Waals surface area contributed by atoms with Crippen molar-refractivity contribution in [3.63, 3.8) is 0 Å². The molecule has 0 spiro atoms. The van der Waals surface area contributed by atoms with Crippen molar-refractivity contribution in [3.05, 3.63) is 35.0 Å². The predicted molar refractivity (Wildman–Crippen MR) is 101 cm³/mol. The number of ether oxygens (including phenoxy) is 2. The molecule has 1 aromatic heterocycles. The van der Waals surface area contributed by atoms with Gasteiger partial charge in [0.05, 0.1) is 24.9 Å². The summed E-state index contributed by atoms with van der Waals surface area (Å²) in [5.74, 6) is 0.731. The van der Waals surface area contributed by atoms with Crippen molar-refractivity contribution in [1.29, 1.82) is 0 Å². The highest BCUT2D eigenvalue weighted by Gasteiger charge is 2.31. The summed E-state index contributed by atoms with van der Waals surface area (Å²) >= 11 is 6.12. The van der Waals surface area contributed by atoms with Crippen LogP contribution < -0.4 is 15.0 Å². The monoisotopic (exact) mass is 416 g/mol. The molecule has 1 saturated heterocycles. The summed E-state index contributed by atoms with van der Waals surface area (Å²) in [5, 5.41) is 2.97. The maximum absolute atomic E-state index is 13.1. The Balaban J connectivity index is 1.90. The number of morpholine rings is 1. The fourth-order valence-electron chi connectivity index (χ4n) is 3.07. The van der Waals surface area contributed by atoms with Gasteiger partial charge in [-0.15, -0.1) is 0 Å². The van der Waals surface area contributed by atoms with Gasteiger partial charge in [-0.25, -0.2) is 4.98 Å². The third kappa shape index (κ3) is 4.96. The summed E-state index contributed by atoms with van der Waals surface area (Å²) in [6.07, 6.45) is -4.48. The van der Waals surface area contributed by atoms with Crippen molar-refractivity contribution in [3.8, 4) is 5.75 Å². The number of alkyl halides is 3. The van der Waals surface area contributed by atoms with Crippen LogP contribution in [0.15, 0.2) is 24.3 Å². The largest absolute Gasteiger partial charge is 0.497 e. The number of methoxy groups -OCH3 is 1. The van der Waals surface area contributed by atoms with Crippen molar-refractivity contribution in [2.75, 3.05) is 30.4 Å². The van der Waals surface area contributed by atoms with E-state index in [2.05, 4.69) is 15.3 Å². The van der Waals surface area contributed by atoms with Crippen molar-refractivity contribution in [2.45, 2.75) is 32.2 Å². The molecule has 0 aliphatic carbocycles. The first-order valence-corrected chi connectivity index (χ1v) is 9.00. The fourth-order valence-corrected chi connectivity index (χ4v) is 3.25. The Morgan fingerprint density at radius 2 is 1.82 bits per heavy atom. The second-order valence-corrected chi connectivity index (χ2v) is 6.99. The highest BCUT2D eigenvalue weighted by atomic mass is 35.5. The van der Waals surface area contributed by atoms with E-state index in [1.54, 1.807) is 6.07 Å². The molecule has 6 nitrogen and oxygen atoms in total. The van der Waals surface area contributed by atoms with Crippen molar-refractivity contribution >= 4 is 29.1 Å². The molecule has 0 saturated carbocycles. The molecule has 152 valence electrons. The van der Waals surface area contributed by atoms with Crippen LogP contribution in [-0.2, 0) is 10.9 Å². The van der Waals surface area contributed by atoms with Crippen molar-refractivity contribution in [2.24, 2.45) is 0 Å². The third-order valence-electron chi connectivity index (χ3n) is 4.15. The normalized spacial score (nSPS) is 20.2. The number of hydrogen-bond donors (Lipinski definition) is 1. The molecule has 1 N–H and O–H groups in total. The number of rotatable bonds is 4. The minimum absolute atomic E-state index is 0.0154. The van der Waals surface area contributed by atoms with Crippen LogP contribution in [0.1, 0.15) is 19.4 Å². The van der Waals surface area contributed by atoms with Crippen LogP contribution in [0.5, 0.6) is 5.75 Å². The lowest BCUT2D eigenvalue weighted by molar-refractivity contribution is -0.137. The van der Waals surface area contributed by atoms with E-state index in [9.17, 15) is 13.2 Å².